The van der Waals surface area contributed by atoms with Crippen LogP contribution in [-0.4, -0.2) is 30.6 Å². The van der Waals surface area contributed by atoms with Crippen LogP contribution in [-0.2, 0) is 13.0 Å². The topological polar surface area (TPSA) is 118 Å². The van der Waals surface area contributed by atoms with Crippen LogP contribution < -0.4 is 11.2 Å². The molecule has 0 aliphatic rings. The van der Waals surface area contributed by atoms with Gasteiger partial charge in [-0.3, -0.25) is 14.3 Å². The molecule has 0 amide bonds. The first-order chi connectivity index (χ1) is 9.52. The summed E-state index contributed by atoms with van der Waals surface area (Å²) in [4.78, 5) is 43.9. The van der Waals surface area contributed by atoms with E-state index >= 15 is 0 Å². The molecule has 8 nitrogen and oxygen atoms in total. The van der Waals surface area contributed by atoms with Gasteiger partial charge in [0.1, 0.15) is 11.9 Å². The number of carboxylic acids is 1. The van der Waals surface area contributed by atoms with Crippen molar-refractivity contribution in [3.05, 3.63) is 56.4 Å². The minimum absolute atomic E-state index is 0.0488. The summed E-state index contributed by atoms with van der Waals surface area (Å²) >= 11 is 0. The molecule has 2 aromatic rings. The van der Waals surface area contributed by atoms with Crippen molar-refractivity contribution in [2.45, 2.75) is 19.9 Å². The summed E-state index contributed by atoms with van der Waals surface area (Å²) < 4.78 is 1.22. The summed E-state index contributed by atoms with van der Waals surface area (Å²) in [5.74, 6) is -1.17. The Balaban J connectivity index is 2.48. The standard InChI is InChI=1S/C12H12N4O4/c1-2-7-4-16(12(20)15-10(7)17)5-9-8(11(18)19)3-13-6-14-9/h3-4,6H,2,5H2,1H3,(H,18,19)(H,15,17,20). The average Bonchev–Trinajstić information content (AvgIpc) is 2.42. The Morgan fingerprint density at radius 3 is 2.85 bits per heavy atom. The first kappa shape index (κ1) is 13.7. The normalized spacial score (nSPS) is 10.4. The Kier molecular flexibility index (Phi) is 3.74. The van der Waals surface area contributed by atoms with E-state index in [-0.39, 0.29) is 17.8 Å². The van der Waals surface area contributed by atoms with Crippen molar-refractivity contribution < 1.29 is 9.90 Å². The fraction of sp³-hybridized carbons (Fsp3) is 0.250. The quantitative estimate of drug-likeness (QED) is 0.787. The number of carbonyl (C=O) groups is 1. The first-order valence-corrected chi connectivity index (χ1v) is 5.87. The van der Waals surface area contributed by atoms with Crippen LogP contribution in [0.15, 0.2) is 28.3 Å². The summed E-state index contributed by atoms with van der Waals surface area (Å²) in [6.45, 7) is 1.74. The number of hydrogen-bond acceptors (Lipinski definition) is 5. The molecule has 0 aliphatic carbocycles. The molecule has 2 aromatic heterocycles. The van der Waals surface area contributed by atoms with Gasteiger partial charge in [0.05, 0.1) is 12.2 Å². The van der Waals surface area contributed by atoms with Gasteiger partial charge in [0.25, 0.3) is 5.56 Å². The van der Waals surface area contributed by atoms with E-state index < -0.39 is 17.2 Å². The lowest BCUT2D eigenvalue weighted by Gasteiger charge is -2.08. The molecule has 0 fully saturated rings. The average molecular weight is 276 g/mol. The summed E-state index contributed by atoms with van der Waals surface area (Å²) in [7, 11) is 0. The Labute approximate surface area is 112 Å². The number of rotatable bonds is 4. The van der Waals surface area contributed by atoms with Crippen molar-refractivity contribution in [1.82, 2.24) is 19.5 Å². The molecule has 0 aromatic carbocycles. The second-order valence-corrected chi connectivity index (χ2v) is 4.08. The maximum absolute atomic E-state index is 11.7. The van der Waals surface area contributed by atoms with E-state index in [0.29, 0.717) is 12.0 Å². The molecule has 0 bridgehead atoms. The molecular formula is C12H12N4O4. The zero-order valence-electron chi connectivity index (χ0n) is 10.7. The molecule has 0 atom stereocenters. The highest BCUT2D eigenvalue weighted by Crippen LogP contribution is 2.05. The maximum Gasteiger partial charge on any atom is 0.339 e. The highest BCUT2D eigenvalue weighted by Gasteiger charge is 2.13. The van der Waals surface area contributed by atoms with Crippen LogP contribution in [0, 0.1) is 0 Å². The lowest BCUT2D eigenvalue weighted by molar-refractivity contribution is 0.0694. The lowest BCUT2D eigenvalue weighted by atomic mass is 10.2. The Bertz CT molecular complexity index is 763. The minimum Gasteiger partial charge on any atom is -0.478 e. The molecule has 0 saturated heterocycles. The van der Waals surface area contributed by atoms with Crippen LogP contribution in [0.1, 0.15) is 28.5 Å². The van der Waals surface area contributed by atoms with Gasteiger partial charge in [0, 0.05) is 18.0 Å². The van der Waals surface area contributed by atoms with E-state index in [1.54, 1.807) is 6.92 Å². The number of carboxylic acid groups (broad SMARTS) is 1. The van der Waals surface area contributed by atoms with Crippen molar-refractivity contribution in [2.75, 3.05) is 0 Å². The van der Waals surface area contributed by atoms with Gasteiger partial charge in [-0.2, -0.15) is 0 Å². The molecule has 2 N–H and O–H groups in total. The zero-order chi connectivity index (χ0) is 14.7. The second kappa shape index (κ2) is 5.47. The van der Waals surface area contributed by atoms with Crippen molar-refractivity contribution in [3.8, 4) is 0 Å². The van der Waals surface area contributed by atoms with E-state index in [9.17, 15) is 14.4 Å². The number of nitrogens with zero attached hydrogens (tertiary/aromatic N) is 3. The van der Waals surface area contributed by atoms with Gasteiger partial charge < -0.3 is 5.11 Å². The van der Waals surface area contributed by atoms with E-state index in [4.69, 9.17) is 5.11 Å². The third-order valence-electron chi connectivity index (χ3n) is 2.81. The second-order valence-electron chi connectivity index (χ2n) is 4.08. The van der Waals surface area contributed by atoms with Crippen LogP contribution in [0.3, 0.4) is 0 Å². The number of aromatic carboxylic acids is 1. The Hall–Kier alpha value is -2.77. The van der Waals surface area contributed by atoms with E-state index in [0.717, 1.165) is 0 Å². The molecular weight excluding hydrogens is 264 g/mol. The molecule has 0 radical (unpaired) electrons. The number of hydrogen-bond donors (Lipinski definition) is 2. The van der Waals surface area contributed by atoms with Crippen molar-refractivity contribution in [1.29, 1.82) is 0 Å². The summed E-state index contributed by atoms with van der Waals surface area (Å²) in [6, 6.07) is 0. The number of H-pyrrole nitrogens is 1. The third-order valence-corrected chi connectivity index (χ3v) is 2.81. The monoisotopic (exact) mass is 276 g/mol. The Morgan fingerprint density at radius 1 is 1.45 bits per heavy atom. The fourth-order valence-electron chi connectivity index (χ4n) is 1.74. The van der Waals surface area contributed by atoms with Gasteiger partial charge in [0.2, 0.25) is 0 Å². The summed E-state index contributed by atoms with van der Waals surface area (Å²) in [5.41, 5.74) is -0.486. The van der Waals surface area contributed by atoms with Gasteiger partial charge in [-0.05, 0) is 6.42 Å². The molecule has 0 spiro atoms. The predicted octanol–water partition coefficient (Wildman–Crippen LogP) is -0.364. The predicted molar refractivity (Wildman–Crippen MR) is 68.8 cm³/mol. The number of nitrogens with one attached hydrogen (secondary N) is 1. The Morgan fingerprint density at radius 2 is 2.20 bits per heavy atom. The van der Waals surface area contributed by atoms with Crippen molar-refractivity contribution >= 4 is 5.97 Å². The number of aromatic amines is 1. The van der Waals surface area contributed by atoms with E-state index in [1.165, 1.54) is 23.3 Å². The highest BCUT2D eigenvalue weighted by atomic mass is 16.4. The summed E-state index contributed by atoms with van der Waals surface area (Å²) in [5, 5.41) is 9.03. The lowest BCUT2D eigenvalue weighted by Crippen LogP contribution is -2.32. The van der Waals surface area contributed by atoms with Gasteiger partial charge in [0.15, 0.2) is 0 Å². The molecule has 104 valence electrons. The zero-order valence-corrected chi connectivity index (χ0v) is 10.7. The van der Waals surface area contributed by atoms with Crippen LogP contribution in [0.25, 0.3) is 0 Å². The van der Waals surface area contributed by atoms with Crippen molar-refractivity contribution in [2.24, 2.45) is 0 Å². The SMILES string of the molecule is CCc1cn(Cc2ncncc2C(=O)O)c(=O)[nH]c1=O. The first-order valence-electron chi connectivity index (χ1n) is 5.87. The van der Waals surface area contributed by atoms with Gasteiger partial charge in [-0.15, -0.1) is 0 Å². The van der Waals surface area contributed by atoms with Gasteiger partial charge >= 0.3 is 11.7 Å². The van der Waals surface area contributed by atoms with Gasteiger partial charge in [-0.25, -0.2) is 19.6 Å². The third kappa shape index (κ3) is 2.63. The highest BCUT2D eigenvalue weighted by molar-refractivity contribution is 5.88. The van der Waals surface area contributed by atoms with Gasteiger partial charge in [-0.1, -0.05) is 6.92 Å². The molecule has 2 rings (SSSR count). The maximum atomic E-state index is 11.7. The number of aryl methyl sites for hydroxylation is 1. The van der Waals surface area contributed by atoms with Crippen LogP contribution in [0.5, 0.6) is 0 Å². The number of aromatic nitrogens is 4. The van der Waals surface area contributed by atoms with Crippen LogP contribution in [0.4, 0.5) is 0 Å². The molecule has 0 saturated carbocycles. The molecule has 20 heavy (non-hydrogen) atoms. The van der Waals surface area contributed by atoms with Crippen LogP contribution >= 0.6 is 0 Å². The minimum atomic E-state index is -1.17. The van der Waals surface area contributed by atoms with E-state index in [2.05, 4.69) is 15.0 Å². The fourth-order valence-corrected chi connectivity index (χ4v) is 1.74. The smallest absolute Gasteiger partial charge is 0.339 e. The van der Waals surface area contributed by atoms with Crippen molar-refractivity contribution in [3.63, 3.8) is 0 Å². The molecule has 0 aliphatic heterocycles. The largest absolute Gasteiger partial charge is 0.478 e. The molecule has 0 unspecified atom stereocenters. The van der Waals surface area contributed by atoms with Crippen LogP contribution in [0.2, 0.25) is 0 Å². The molecule has 8 heteroatoms. The molecule has 2 heterocycles. The van der Waals surface area contributed by atoms with E-state index in [1.807, 2.05) is 0 Å². The summed E-state index contributed by atoms with van der Waals surface area (Å²) in [6.07, 6.45) is 4.25.